The normalized spacial score (nSPS) is 18.1. The van der Waals surface area contributed by atoms with Crippen molar-refractivity contribution in [3.63, 3.8) is 0 Å². The Bertz CT molecular complexity index is 1230. The van der Waals surface area contributed by atoms with Gasteiger partial charge >= 0.3 is 5.97 Å². The van der Waals surface area contributed by atoms with Crippen molar-refractivity contribution in [3.05, 3.63) is 75.8 Å². The van der Waals surface area contributed by atoms with E-state index in [1.165, 1.54) is 12.1 Å². The number of phenols is 2. The lowest BCUT2D eigenvalue weighted by atomic mass is 9.93. The molecule has 2 heterocycles. The summed E-state index contributed by atoms with van der Waals surface area (Å²) in [5.74, 6) is -0.342. The number of ether oxygens (including phenoxy) is 2. The Balaban J connectivity index is 1.70. The van der Waals surface area contributed by atoms with Crippen molar-refractivity contribution in [2.45, 2.75) is 52.6 Å². The zero-order valence-electron chi connectivity index (χ0n) is 19.2. The highest BCUT2D eigenvalue weighted by Gasteiger charge is 2.32. The molecule has 6 heteroatoms. The molecule has 2 aliphatic rings. The Hall–Kier alpha value is -3.67. The Morgan fingerprint density at radius 2 is 1.85 bits per heavy atom. The van der Waals surface area contributed by atoms with Crippen molar-refractivity contribution >= 4 is 17.6 Å². The van der Waals surface area contributed by atoms with E-state index in [1.807, 2.05) is 33.8 Å². The molecule has 3 N–H and O–H groups in total. The number of benzene rings is 2. The van der Waals surface area contributed by atoms with Crippen molar-refractivity contribution in [2.75, 3.05) is 0 Å². The molecule has 0 aliphatic carbocycles. The quantitative estimate of drug-likeness (QED) is 0.418. The molecule has 0 radical (unpaired) electrons. The average molecular weight is 449 g/mol. The summed E-state index contributed by atoms with van der Waals surface area (Å²) >= 11 is 0. The number of esters is 1. The predicted octanol–water partition coefficient (Wildman–Crippen LogP) is 5.58. The van der Waals surface area contributed by atoms with E-state index in [2.05, 4.69) is 0 Å². The lowest BCUT2D eigenvalue weighted by Gasteiger charge is -2.32. The van der Waals surface area contributed by atoms with Crippen LogP contribution in [0, 0.1) is 0 Å². The molecular formula is C27H28O6. The van der Waals surface area contributed by atoms with Crippen molar-refractivity contribution in [2.24, 2.45) is 0 Å². The van der Waals surface area contributed by atoms with E-state index in [1.54, 1.807) is 24.3 Å². The van der Waals surface area contributed by atoms with Crippen LogP contribution >= 0.6 is 0 Å². The Morgan fingerprint density at radius 3 is 2.58 bits per heavy atom. The summed E-state index contributed by atoms with van der Waals surface area (Å²) in [4.78, 5) is 12.6. The standard InChI is InChI=1S/C27H28O6/c1-15(2)5-6-16-11-18(7-8-20(16)28)24-25(30)23(32-26(24)31)13-19-12-17-9-10-27(3,4)33-22(17)14-21(19)29/h5,7-8,11-14,28-30H,6,9-10H2,1-4H3. The summed E-state index contributed by atoms with van der Waals surface area (Å²) in [6.45, 7) is 7.92. The number of aliphatic hydroxyl groups excluding tert-OH is 1. The van der Waals surface area contributed by atoms with Crippen LogP contribution in [-0.2, 0) is 22.4 Å². The molecule has 0 unspecified atom stereocenters. The SMILES string of the molecule is CC(C)=CCc1cc(C2=C(O)C(=Cc3cc4c(cc3O)OC(C)(C)CC4)OC2=O)ccc1O. The second-order valence-corrected chi connectivity index (χ2v) is 9.33. The van der Waals surface area contributed by atoms with Crippen LogP contribution < -0.4 is 4.74 Å². The number of phenolic OH excluding ortho intramolecular Hbond substituents is 2. The number of hydrogen-bond donors (Lipinski definition) is 3. The molecule has 0 aromatic heterocycles. The minimum atomic E-state index is -0.694. The monoisotopic (exact) mass is 448 g/mol. The van der Waals surface area contributed by atoms with E-state index in [4.69, 9.17) is 9.47 Å². The highest BCUT2D eigenvalue weighted by Crippen LogP contribution is 2.40. The van der Waals surface area contributed by atoms with Gasteiger partial charge in [-0.3, -0.25) is 0 Å². The van der Waals surface area contributed by atoms with Crippen LogP contribution in [0.2, 0.25) is 0 Å². The summed E-state index contributed by atoms with van der Waals surface area (Å²) in [7, 11) is 0. The second kappa shape index (κ2) is 8.35. The molecule has 6 nitrogen and oxygen atoms in total. The van der Waals surface area contributed by atoms with Gasteiger partial charge in [-0.05, 0) is 87.9 Å². The summed E-state index contributed by atoms with van der Waals surface area (Å²) in [6, 6.07) is 8.06. The van der Waals surface area contributed by atoms with E-state index >= 15 is 0 Å². The molecule has 0 bridgehead atoms. The zero-order valence-corrected chi connectivity index (χ0v) is 19.2. The molecule has 0 amide bonds. The molecule has 4 rings (SSSR count). The van der Waals surface area contributed by atoms with Crippen molar-refractivity contribution < 1.29 is 29.6 Å². The number of aryl methyl sites for hydroxylation is 1. The topological polar surface area (TPSA) is 96.2 Å². The number of carbonyl (C=O) groups excluding carboxylic acids is 1. The fourth-order valence-corrected chi connectivity index (χ4v) is 3.95. The molecule has 2 aromatic carbocycles. The first-order valence-corrected chi connectivity index (χ1v) is 10.9. The van der Waals surface area contributed by atoms with Crippen molar-refractivity contribution in [3.8, 4) is 17.2 Å². The predicted molar refractivity (Wildman–Crippen MR) is 126 cm³/mol. The Morgan fingerprint density at radius 1 is 1.09 bits per heavy atom. The number of fused-ring (bicyclic) bond motifs is 1. The third kappa shape index (κ3) is 4.60. The van der Waals surface area contributed by atoms with Gasteiger partial charge in [0.15, 0.2) is 11.5 Å². The van der Waals surface area contributed by atoms with E-state index in [9.17, 15) is 20.1 Å². The van der Waals surface area contributed by atoms with Gasteiger partial charge in [0.2, 0.25) is 0 Å². The lowest BCUT2D eigenvalue weighted by molar-refractivity contribution is -0.131. The fraction of sp³-hybridized carbons (Fsp3) is 0.296. The Labute approximate surface area is 193 Å². The number of cyclic esters (lactones) is 1. The van der Waals surface area contributed by atoms with Crippen LogP contribution in [0.1, 0.15) is 56.4 Å². The molecule has 33 heavy (non-hydrogen) atoms. The maximum Gasteiger partial charge on any atom is 0.348 e. The molecule has 2 aromatic rings. The molecule has 0 atom stereocenters. The van der Waals surface area contributed by atoms with Crippen LogP contribution in [0.25, 0.3) is 11.6 Å². The minimum Gasteiger partial charge on any atom is -0.508 e. The van der Waals surface area contributed by atoms with Gasteiger partial charge in [0.25, 0.3) is 0 Å². The van der Waals surface area contributed by atoms with E-state index in [0.717, 1.165) is 24.0 Å². The second-order valence-electron chi connectivity index (χ2n) is 9.33. The van der Waals surface area contributed by atoms with Gasteiger partial charge in [0, 0.05) is 11.6 Å². The van der Waals surface area contributed by atoms with Gasteiger partial charge in [-0.2, -0.15) is 0 Å². The lowest BCUT2D eigenvalue weighted by Crippen LogP contribution is -2.32. The summed E-state index contributed by atoms with van der Waals surface area (Å²) in [5, 5.41) is 31.5. The van der Waals surface area contributed by atoms with Gasteiger partial charge in [0.1, 0.15) is 28.4 Å². The van der Waals surface area contributed by atoms with E-state index in [0.29, 0.717) is 28.9 Å². The number of allylic oxidation sites excluding steroid dienone is 2. The van der Waals surface area contributed by atoms with Crippen LogP contribution in [0.4, 0.5) is 0 Å². The van der Waals surface area contributed by atoms with Crippen molar-refractivity contribution in [1.29, 1.82) is 0 Å². The van der Waals surface area contributed by atoms with Crippen LogP contribution in [0.5, 0.6) is 17.2 Å². The van der Waals surface area contributed by atoms with Gasteiger partial charge < -0.3 is 24.8 Å². The smallest absolute Gasteiger partial charge is 0.348 e. The first-order valence-electron chi connectivity index (χ1n) is 10.9. The highest BCUT2D eigenvalue weighted by atomic mass is 16.6. The number of carbonyl (C=O) groups is 1. The molecule has 0 saturated carbocycles. The molecular weight excluding hydrogens is 420 g/mol. The van der Waals surface area contributed by atoms with Crippen molar-refractivity contribution in [1.82, 2.24) is 0 Å². The third-order valence-corrected chi connectivity index (χ3v) is 5.85. The summed E-state index contributed by atoms with van der Waals surface area (Å²) < 4.78 is 11.3. The number of aromatic hydroxyl groups is 2. The largest absolute Gasteiger partial charge is 0.508 e. The first-order chi connectivity index (χ1) is 15.5. The molecule has 172 valence electrons. The van der Waals surface area contributed by atoms with Crippen LogP contribution in [0.3, 0.4) is 0 Å². The number of aliphatic hydroxyl groups is 1. The Kier molecular flexibility index (Phi) is 5.70. The minimum absolute atomic E-state index is 0.0160. The van der Waals surface area contributed by atoms with Gasteiger partial charge in [-0.1, -0.05) is 17.7 Å². The molecule has 0 fully saturated rings. The zero-order chi connectivity index (χ0) is 23.9. The maximum atomic E-state index is 12.6. The molecule has 2 aliphatic heterocycles. The first kappa shape index (κ1) is 22.5. The molecule has 0 spiro atoms. The van der Waals surface area contributed by atoms with E-state index in [-0.39, 0.29) is 34.2 Å². The van der Waals surface area contributed by atoms with Crippen LogP contribution in [0.15, 0.2) is 53.5 Å². The van der Waals surface area contributed by atoms with Gasteiger partial charge in [0.05, 0.1) is 0 Å². The van der Waals surface area contributed by atoms with Gasteiger partial charge in [-0.15, -0.1) is 0 Å². The molecule has 0 saturated heterocycles. The van der Waals surface area contributed by atoms with Crippen LogP contribution in [-0.4, -0.2) is 26.9 Å². The highest BCUT2D eigenvalue weighted by molar-refractivity contribution is 6.21. The maximum absolute atomic E-state index is 12.6. The average Bonchev–Trinajstić information content (AvgIpc) is 3.01. The number of rotatable bonds is 4. The summed E-state index contributed by atoms with van der Waals surface area (Å²) in [5.41, 5.74) is 3.26. The van der Waals surface area contributed by atoms with Gasteiger partial charge in [-0.25, -0.2) is 4.79 Å². The number of hydrogen-bond acceptors (Lipinski definition) is 6. The third-order valence-electron chi connectivity index (χ3n) is 5.85. The van der Waals surface area contributed by atoms with E-state index < -0.39 is 5.97 Å². The summed E-state index contributed by atoms with van der Waals surface area (Å²) in [6.07, 6.45) is 5.53. The fourth-order valence-electron chi connectivity index (χ4n) is 3.95.